The van der Waals surface area contributed by atoms with E-state index in [4.69, 9.17) is 8.22 Å². The van der Waals surface area contributed by atoms with E-state index in [0.29, 0.717) is 0 Å². The van der Waals surface area contributed by atoms with E-state index in [1.165, 1.54) is 6.92 Å². The molecule has 0 fully saturated rings. The summed E-state index contributed by atoms with van der Waals surface area (Å²) in [5.74, 6) is -2.22. The van der Waals surface area contributed by atoms with Gasteiger partial charge in [0.2, 0.25) is 0 Å². The summed E-state index contributed by atoms with van der Waals surface area (Å²) in [7, 11) is 0. The minimum atomic E-state index is -2.85. The summed E-state index contributed by atoms with van der Waals surface area (Å²) in [6, 6.07) is 1.58. The van der Waals surface area contributed by atoms with Crippen LogP contribution in [0.4, 0.5) is 8.78 Å². The zero-order valence-corrected chi connectivity index (χ0v) is 12.0. The molecule has 2 aromatic heterocycles. The lowest BCUT2D eigenvalue weighted by atomic mass is 10.2. The van der Waals surface area contributed by atoms with Gasteiger partial charge < -0.3 is 5.32 Å². The van der Waals surface area contributed by atoms with Crippen molar-refractivity contribution >= 4 is 11.6 Å². The average Bonchev–Trinajstić information content (AvgIpc) is 2.97. The molecule has 0 radical (unpaired) electrons. The zero-order valence-electron chi connectivity index (χ0n) is 18.0. The number of carbonyl (C=O) groups is 1. The predicted octanol–water partition coefficient (Wildman–Crippen LogP) is 3.16. The fourth-order valence-corrected chi connectivity index (χ4v) is 2.18. The molecule has 4 nitrogen and oxygen atoms in total. The summed E-state index contributed by atoms with van der Waals surface area (Å²) in [5.41, 5.74) is -1.13. The molecule has 2 heterocycles. The molecule has 23 heavy (non-hydrogen) atoms. The van der Waals surface area contributed by atoms with Gasteiger partial charge >= 0.3 is 0 Å². The molecule has 0 unspecified atom stereocenters. The highest BCUT2D eigenvalue weighted by Crippen LogP contribution is 2.14. The van der Waals surface area contributed by atoms with Crippen LogP contribution in [0.2, 0.25) is 0 Å². The highest BCUT2D eigenvalue weighted by atomic mass is 19.1. The minimum absolute atomic E-state index is 0.0892. The van der Waals surface area contributed by atoms with Crippen molar-refractivity contribution in [3.63, 3.8) is 0 Å². The standard InChI is InChI=1S/C17H15F2N3O/c1-10-3-6-15-21-11(2)16(22(15)9-10)17(23)20-8-12-7-13(18)4-5-14(12)19/h3-7,9H,8H2,1-2H3,(H,20,23)/i1D3,3D,6D,9D. The molecule has 1 amide bonds. The van der Waals surface area contributed by atoms with Crippen LogP contribution in [0, 0.1) is 25.4 Å². The molecule has 0 saturated heterocycles. The summed E-state index contributed by atoms with van der Waals surface area (Å²) < 4.78 is 74.7. The Morgan fingerprint density at radius 1 is 1.43 bits per heavy atom. The lowest BCUT2D eigenvalue weighted by Gasteiger charge is -2.07. The smallest absolute Gasteiger partial charge is 0.270 e. The number of nitrogens with zero attached hydrogens (tertiary/aromatic N) is 2. The highest BCUT2D eigenvalue weighted by molar-refractivity contribution is 5.94. The molecule has 3 rings (SSSR count). The Hall–Kier alpha value is -2.76. The molecular formula is C17H15F2N3O. The maximum Gasteiger partial charge on any atom is 0.270 e. The van der Waals surface area contributed by atoms with Gasteiger partial charge in [0.25, 0.3) is 5.91 Å². The number of aromatic nitrogens is 2. The fourth-order valence-electron chi connectivity index (χ4n) is 2.18. The highest BCUT2D eigenvalue weighted by Gasteiger charge is 2.17. The van der Waals surface area contributed by atoms with Crippen molar-refractivity contribution in [1.29, 1.82) is 0 Å². The summed E-state index contributed by atoms with van der Waals surface area (Å²) in [4.78, 5) is 16.7. The predicted molar refractivity (Wildman–Crippen MR) is 82.2 cm³/mol. The first-order valence-electron chi connectivity index (χ1n) is 9.65. The van der Waals surface area contributed by atoms with E-state index in [1.54, 1.807) is 0 Å². The van der Waals surface area contributed by atoms with Gasteiger partial charge in [-0.1, -0.05) is 6.04 Å². The van der Waals surface area contributed by atoms with Crippen LogP contribution in [0.5, 0.6) is 0 Å². The second-order valence-corrected chi connectivity index (χ2v) is 4.86. The molecule has 0 saturated carbocycles. The van der Waals surface area contributed by atoms with Crippen molar-refractivity contribution < 1.29 is 21.8 Å². The van der Waals surface area contributed by atoms with Crippen molar-refractivity contribution in [1.82, 2.24) is 14.7 Å². The van der Waals surface area contributed by atoms with E-state index in [0.717, 1.165) is 22.6 Å². The number of nitrogens with one attached hydrogen (secondary N) is 1. The average molecular weight is 321 g/mol. The monoisotopic (exact) mass is 321 g/mol. The Morgan fingerprint density at radius 2 is 2.26 bits per heavy atom. The number of benzene rings is 1. The summed E-state index contributed by atoms with van der Waals surface area (Å²) in [6.45, 7) is -1.80. The van der Waals surface area contributed by atoms with Crippen LogP contribution in [0.15, 0.2) is 36.5 Å². The molecule has 0 bridgehead atoms. The maximum atomic E-state index is 13.8. The van der Waals surface area contributed by atoms with Crippen molar-refractivity contribution in [2.75, 3.05) is 0 Å². The fraction of sp³-hybridized carbons (Fsp3) is 0.176. The molecule has 1 N–H and O–H groups in total. The molecule has 0 spiro atoms. The maximum absolute atomic E-state index is 13.8. The van der Waals surface area contributed by atoms with Gasteiger partial charge in [0, 0.05) is 22.4 Å². The van der Waals surface area contributed by atoms with Gasteiger partial charge in [-0.25, -0.2) is 13.8 Å². The molecular weight excluding hydrogens is 300 g/mol. The Kier molecular flexibility index (Phi) is 2.37. The van der Waals surface area contributed by atoms with Crippen LogP contribution in [0.3, 0.4) is 0 Å². The van der Waals surface area contributed by atoms with Gasteiger partial charge in [0.05, 0.1) is 9.81 Å². The van der Waals surface area contributed by atoms with Crippen molar-refractivity contribution in [2.45, 2.75) is 20.3 Å². The molecule has 0 atom stereocenters. The van der Waals surface area contributed by atoms with Gasteiger partial charge in [-0.2, -0.15) is 0 Å². The molecule has 0 aliphatic heterocycles. The van der Waals surface area contributed by atoms with Crippen LogP contribution >= 0.6 is 0 Å². The van der Waals surface area contributed by atoms with Gasteiger partial charge in [0.1, 0.15) is 23.0 Å². The van der Waals surface area contributed by atoms with Gasteiger partial charge in [-0.15, -0.1) is 0 Å². The summed E-state index contributed by atoms with van der Waals surface area (Å²) >= 11 is 0. The number of carbonyl (C=O) groups excluding carboxylic acids is 1. The van der Waals surface area contributed by atoms with Gasteiger partial charge in [-0.05, 0) is 43.6 Å². The molecule has 3 aromatic rings. The molecule has 1 aromatic carbocycles. The minimum Gasteiger partial charge on any atom is -0.347 e. The first-order chi connectivity index (χ1) is 13.4. The van der Waals surface area contributed by atoms with E-state index in [9.17, 15) is 13.6 Å². The van der Waals surface area contributed by atoms with Crippen molar-refractivity contribution in [2.24, 2.45) is 0 Å². The third kappa shape index (κ3) is 2.92. The number of imidazole rings is 1. The molecule has 0 aliphatic rings. The first kappa shape index (κ1) is 9.39. The Labute approximate surface area is 140 Å². The molecule has 6 heteroatoms. The molecule has 0 aliphatic carbocycles. The van der Waals surface area contributed by atoms with E-state index in [2.05, 4.69) is 10.3 Å². The van der Waals surface area contributed by atoms with E-state index >= 15 is 0 Å². The van der Waals surface area contributed by atoms with Crippen molar-refractivity contribution in [3.8, 4) is 0 Å². The van der Waals surface area contributed by atoms with Crippen molar-refractivity contribution in [3.05, 3.63) is 70.6 Å². The number of hydrogen-bond acceptors (Lipinski definition) is 2. The second-order valence-electron chi connectivity index (χ2n) is 4.86. The third-order valence-electron chi connectivity index (χ3n) is 3.24. The van der Waals surface area contributed by atoms with E-state index in [-0.39, 0.29) is 29.1 Å². The first-order valence-corrected chi connectivity index (χ1v) is 6.65. The van der Waals surface area contributed by atoms with E-state index in [1.807, 2.05) is 0 Å². The Balaban J connectivity index is 2.09. The summed E-state index contributed by atoms with van der Waals surface area (Å²) in [5, 5.41) is 2.38. The molecule has 118 valence electrons. The van der Waals surface area contributed by atoms with Crippen LogP contribution in [0.1, 0.15) is 35.5 Å². The largest absolute Gasteiger partial charge is 0.347 e. The third-order valence-corrected chi connectivity index (χ3v) is 3.24. The Bertz CT molecular complexity index is 1140. The lowest BCUT2D eigenvalue weighted by molar-refractivity contribution is 0.0944. The number of halogens is 2. The number of fused-ring (bicyclic) bond motifs is 1. The SMILES string of the molecule is [2H]c1c(C([2H])([2H])[2H])c([2H])n2c(C(=O)NCc3cc(F)ccc3F)c(C)nc2c1[2H]. The zero-order chi connectivity index (χ0) is 21.7. The van der Waals surface area contributed by atoms with Crippen LogP contribution in [-0.2, 0) is 6.54 Å². The topological polar surface area (TPSA) is 46.4 Å². The quantitative estimate of drug-likeness (QED) is 0.805. The van der Waals surface area contributed by atoms with Gasteiger partial charge in [-0.3, -0.25) is 9.20 Å². The number of amides is 1. The lowest BCUT2D eigenvalue weighted by Crippen LogP contribution is -2.25. The Morgan fingerprint density at radius 3 is 3.04 bits per heavy atom. The normalized spacial score (nSPS) is 15.3. The van der Waals surface area contributed by atoms with Crippen LogP contribution < -0.4 is 5.32 Å². The number of hydrogen-bond donors (Lipinski definition) is 1. The second kappa shape index (κ2) is 5.79. The number of rotatable bonds is 3. The number of pyridine rings is 1. The van der Waals surface area contributed by atoms with Crippen LogP contribution in [0.25, 0.3) is 5.65 Å². The summed E-state index contributed by atoms with van der Waals surface area (Å²) in [6.07, 6.45) is -0.663. The van der Waals surface area contributed by atoms with Gasteiger partial charge in [0.15, 0.2) is 0 Å². The van der Waals surface area contributed by atoms with Crippen LogP contribution in [-0.4, -0.2) is 15.3 Å². The van der Waals surface area contributed by atoms with E-state index < -0.39 is 48.2 Å². The number of aryl methyl sites for hydroxylation is 1.